The highest BCUT2D eigenvalue weighted by molar-refractivity contribution is 5.37. The van der Waals surface area contributed by atoms with Crippen molar-refractivity contribution in [1.29, 1.82) is 0 Å². The van der Waals surface area contributed by atoms with Crippen molar-refractivity contribution in [3.05, 3.63) is 24.2 Å². The lowest BCUT2D eigenvalue weighted by molar-refractivity contribution is 0.499. The molecule has 16 heavy (non-hydrogen) atoms. The molecule has 0 saturated heterocycles. The van der Waals surface area contributed by atoms with Gasteiger partial charge in [-0.2, -0.15) is 4.98 Å². The second-order valence-corrected chi connectivity index (χ2v) is 3.96. The molecule has 0 radical (unpaired) electrons. The number of aromatic nitrogens is 3. The fourth-order valence-electron chi connectivity index (χ4n) is 1.71. The van der Waals surface area contributed by atoms with Gasteiger partial charge in [0.2, 0.25) is 11.9 Å². The van der Waals surface area contributed by atoms with Crippen LogP contribution in [0.3, 0.4) is 0 Å². The maximum atomic E-state index is 5.53. The second-order valence-electron chi connectivity index (χ2n) is 3.96. The molecule has 2 aromatic heterocycles. The van der Waals surface area contributed by atoms with Crippen molar-refractivity contribution in [2.75, 3.05) is 10.6 Å². The SMILES string of the molecule is Nc1nc(N(Cc2ccco2)C2CC2)n[nH]1. The van der Waals surface area contributed by atoms with Crippen LogP contribution in [0.25, 0.3) is 0 Å². The third kappa shape index (κ3) is 1.73. The normalized spacial score (nSPS) is 15.2. The molecule has 0 spiro atoms. The predicted octanol–water partition coefficient (Wildman–Crippen LogP) is 1.15. The van der Waals surface area contributed by atoms with E-state index >= 15 is 0 Å². The van der Waals surface area contributed by atoms with Gasteiger partial charge in [0, 0.05) is 6.04 Å². The van der Waals surface area contributed by atoms with Crippen molar-refractivity contribution in [2.24, 2.45) is 0 Å². The molecule has 1 saturated carbocycles. The Kier molecular flexibility index (Phi) is 2.05. The van der Waals surface area contributed by atoms with Gasteiger partial charge in [-0.05, 0) is 25.0 Å². The summed E-state index contributed by atoms with van der Waals surface area (Å²) in [6, 6.07) is 4.35. The number of hydrogen-bond acceptors (Lipinski definition) is 5. The molecule has 1 aliphatic carbocycles. The lowest BCUT2D eigenvalue weighted by Crippen LogP contribution is -2.25. The van der Waals surface area contributed by atoms with Crippen molar-refractivity contribution < 1.29 is 4.42 Å². The summed E-state index contributed by atoms with van der Waals surface area (Å²) in [5, 5.41) is 6.74. The first-order chi connectivity index (χ1) is 7.83. The molecular formula is C10H13N5O. The number of aromatic amines is 1. The number of furan rings is 1. The summed E-state index contributed by atoms with van der Waals surface area (Å²) in [6.45, 7) is 0.689. The van der Waals surface area contributed by atoms with E-state index < -0.39 is 0 Å². The average molecular weight is 219 g/mol. The Balaban J connectivity index is 1.81. The molecule has 0 amide bonds. The first-order valence-corrected chi connectivity index (χ1v) is 5.30. The Labute approximate surface area is 92.5 Å². The number of nitrogens with one attached hydrogen (secondary N) is 1. The molecule has 1 aliphatic rings. The van der Waals surface area contributed by atoms with Gasteiger partial charge in [0.25, 0.3) is 0 Å². The van der Waals surface area contributed by atoms with Gasteiger partial charge in [0.05, 0.1) is 12.8 Å². The van der Waals surface area contributed by atoms with Gasteiger partial charge in [-0.3, -0.25) is 0 Å². The van der Waals surface area contributed by atoms with Crippen LogP contribution in [0.2, 0.25) is 0 Å². The number of anilines is 2. The van der Waals surface area contributed by atoms with E-state index in [1.807, 2.05) is 12.1 Å². The summed E-state index contributed by atoms with van der Waals surface area (Å²) in [5.41, 5.74) is 5.53. The fraction of sp³-hybridized carbons (Fsp3) is 0.400. The minimum absolute atomic E-state index is 0.347. The third-order valence-electron chi connectivity index (χ3n) is 2.64. The Bertz CT molecular complexity index is 459. The summed E-state index contributed by atoms with van der Waals surface area (Å²) < 4.78 is 5.33. The molecule has 1 fully saturated rings. The number of rotatable bonds is 4. The van der Waals surface area contributed by atoms with E-state index in [0.29, 0.717) is 24.5 Å². The minimum Gasteiger partial charge on any atom is -0.467 e. The van der Waals surface area contributed by atoms with Gasteiger partial charge < -0.3 is 15.1 Å². The van der Waals surface area contributed by atoms with Crippen LogP contribution < -0.4 is 10.6 Å². The molecular weight excluding hydrogens is 206 g/mol. The van der Waals surface area contributed by atoms with Crippen LogP contribution in [-0.2, 0) is 6.54 Å². The van der Waals surface area contributed by atoms with Crippen molar-refractivity contribution in [1.82, 2.24) is 15.2 Å². The summed E-state index contributed by atoms with van der Waals surface area (Å²) in [7, 11) is 0. The van der Waals surface area contributed by atoms with Gasteiger partial charge in [-0.1, -0.05) is 0 Å². The standard InChI is InChI=1S/C10H13N5O/c11-9-12-10(14-13-9)15(7-3-4-7)6-8-2-1-5-16-8/h1-2,5,7H,3-4,6H2,(H3,11,12,13,14). The number of hydrogen-bond donors (Lipinski definition) is 2. The highest BCUT2D eigenvalue weighted by Crippen LogP contribution is 2.31. The lowest BCUT2D eigenvalue weighted by atomic mass is 10.4. The molecule has 6 heteroatoms. The molecule has 3 N–H and O–H groups in total. The summed E-state index contributed by atoms with van der Waals surface area (Å²) in [4.78, 5) is 6.26. The Morgan fingerprint density at radius 1 is 1.56 bits per heavy atom. The van der Waals surface area contributed by atoms with Crippen molar-refractivity contribution >= 4 is 11.9 Å². The van der Waals surface area contributed by atoms with Gasteiger partial charge in [-0.25, -0.2) is 5.10 Å². The smallest absolute Gasteiger partial charge is 0.246 e. The van der Waals surface area contributed by atoms with E-state index in [-0.39, 0.29) is 0 Å². The average Bonchev–Trinajstić information content (AvgIpc) is 2.81. The zero-order valence-electron chi connectivity index (χ0n) is 8.76. The quantitative estimate of drug-likeness (QED) is 0.805. The van der Waals surface area contributed by atoms with E-state index in [2.05, 4.69) is 20.1 Å². The molecule has 0 unspecified atom stereocenters. The van der Waals surface area contributed by atoms with Crippen LogP contribution in [0.5, 0.6) is 0 Å². The van der Waals surface area contributed by atoms with Crippen LogP contribution in [0.4, 0.5) is 11.9 Å². The molecule has 6 nitrogen and oxygen atoms in total. The zero-order chi connectivity index (χ0) is 11.0. The van der Waals surface area contributed by atoms with E-state index in [0.717, 1.165) is 5.76 Å². The van der Waals surface area contributed by atoms with E-state index in [1.54, 1.807) is 6.26 Å². The lowest BCUT2D eigenvalue weighted by Gasteiger charge is -2.18. The molecule has 0 aromatic carbocycles. The van der Waals surface area contributed by atoms with Crippen molar-refractivity contribution in [3.8, 4) is 0 Å². The molecule has 2 heterocycles. The molecule has 2 aromatic rings. The summed E-state index contributed by atoms with van der Waals surface area (Å²) >= 11 is 0. The molecule has 0 aliphatic heterocycles. The van der Waals surface area contributed by atoms with Gasteiger partial charge in [0.1, 0.15) is 5.76 Å². The first kappa shape index (κ1) is 9.26. The molecule has 84 valence electrons. The first-order valence-electron chi connectivity index (χ1n) is 5.30. The van der Waals surface area contributed by atoms with Crippen LogP contribution in [0, 0.1) is 0 Å². The fourth-order valence-corrected chi connectivity index (χ4v) is 1.71. The summed E-state index contributed by atoms with van der Waals surface area (Å²) in [6.07, 6.45) is 4.02. The van der Waals surface area contributed by atoms with Crippen molar-refractivity contribution in [3.63, 3.8) is 0 Å². The summed E-state index contributed by atoms with van der Waals surface area (Å²) in [5.74, 6) is 1.91. The van der Waals surface area contributed by atoms with Crippen LogP contribution in [0.1, 0.15) is 18.6 Å². The largest absolute Gasteiger partial charge is 0.467 e. The molecule has 0 atom stereocenters. The highest BCUT2D eigenvalue weighted by atomic mass is 16.3. The van der Waals surface area contributed by atoms with Gasteiger partial charge >= 0.3 is 0 Å². The van der Waals surface area contributed by atoms with Crippen LogP contribution in [-0.4, -0.2) is 21.2 Å². The minimum atomic E-state index is 0.347. The van der Waals surface area contributed by atoms with E-state index in [1.165, 1.54) is 12.8 Å². The predicted molar refractivity (Wildman–Crippen MR) is 58.7 cm³/mol. The molecule has 3 rings (SSSR count). The number of nitrogen functional groups attached to an aromatic ring is 1. The van der Waals surface area contributed by atoms with E-state index in [4.69, 9.17) is 10.2 Å². The Morgan fingerprint density at radius 3 is 3.00 bits per heavy atom. The second kappa shape index (κ2) is 3.55. The maximum Gasteiger partial charge on any atom is 0.246 e. The molecule has 0 bridgehead atoms. The van der Waals surface area contributed by atoms with Crippen molar-refractivity contribution in [2.45, 2.75) is 25.4 Å². The number of H-pyrrole nitrogens is 1. The van der Waals surface area contributed by atoms with Gasteiger partial charge in [-0.15, -0.1) is 5.10 Å². The Morgan fingerprint density at radius 2 is 2.44 bits per heavy atom. The topological polar surface area (TPSA) is 84.0 Å². The monoisotopic (exact) mass is 219 g/mol. The van der Waals surface area contributed by atoms with Crippen LogP contribution >= 0.6 is 0 Å². The number of nitrogens with zero attached hydrogens (tertiary/aromatic N) is 3. The van der Waals surface area contributed by atoms with Gasteiger partial charge in [0.15, 0.2) is 0 Å². The Hall–Kier alpha value is -1.98. The zero-order valence-corrected chi connectivity index (χ0v) is 8.76. The maximum absolute atomic E-state index is 5.53. The highest BCUT2D eigenvalue weighted by Gasteiger charge is 2.32. The number of nitrogens with two attached hydrogens (primary N) is 1. The van der Waals surface area contributed by atoms with Crippen LogP contribution in [0.15, 0.2) is 22.8 Å². The third-order valence-corrected chi connectivity index (χ3v) is 2.64. The van der Waals surface area contributed by atoms with E-state index in [9.17, 15) is 0 Å².